The molecule has 22 aromatic rings. The van der Waals surface area contributed by atoms with Gasteiger partial charge in [-0.3, -0.25) is 19.9 Å². The van der Waals surface area contributed by atoms with Crippen LogP contribution in [-0.4, -0.2) is 38.2 Å². The van der Waals surface area contributed by atoms with Gasteiger partial charge in [-0.2, -0.15) is 0 Å². The number of benzene rings is 14. The second kappa shape index (κ2) is 20.8. The summed E-state index contributed by atoms with van der Waals surface area (Å²) in [5.74, 6) is 0. The molecule has 24 rings (SSSR count). The molecule has 0 bridgehead atoms. The molecule has 478 valence electrons. The van der Waals surface area contributed by atoms with E-state index in [0.29, 0.717) is 0 Å². The van der Waals surface area contributed by atoms with Crippen molar-refractivity contribution in [1.82, 2.24) is 38.2 Å². The number of hydrogen-bond acceptors (Lipinski definition) is 4. The van der Waals surface area contributed by atoms with Gasteiger partial charge in [-0.15, -0.1) is 0 Å². The Bertz CT molecular complexity index is 7590. The number of pyridine rings is 4. The summed E-state index contributed by atoms with van der Waals surface area (Å²) >= 11 is 0. The van der Waals surface area contributed by atoms with Crippen LogP contribution in [0.4, 0.5) is 0 Å². The van der Waals surface area contributed by atoms with E-state index in [1.54, 1.807) is 0 Å². The molecule has 104 heavy (non-hydrogen) atoms. The van der Waals surface area contributed by atoms with Gasteiger partial charge in [-0.1, -0.05) is 176 Å². The second-order valence-corrected chi connectivity index (χ2v) is 28.1. The highest BCUT2D eigenvalue weighted by molar-refractivity contribution is 6.22. The molecule has 0 saturated carbocycles. The van der Waals surface area contributed by atoms with Crippen molar-refractivity contribution in [3.05, 3.63) is 328 Å². The van der Waals surface area contributed by atoms with E-state index < -0.39 is 0 Å². The van der Waals surface area contributed by atoms with E-state index in [1.165, 1.54) is 103 Å². The minimum Gasteiger partial charge on any atom is -0.309 e. The lowest BCUT2D eigenvalue weighted by Crippen LogP contribution is -1.96. The van der Waals surface area contributed by atoms with Crippen molar-refractivity contribution >= 4 is 131 Å². The van der Waals surface area contributed by atoms with Crippen LogP contribution in [0, 0.1) is 0 Å². The predicted molar refractivity (Wildman–Crippen MR) is 430 cm³/mol. The topological polar surface area (TPSA) is 71.3 Å². The van der Waals surface area contributed by atoms with Gasteiger partial charge in [0.2, 0.25) is 0 Å². The molecule has 14 aromatic carbocycles. The molecule has 2 aliphatic carbocycles. The summed E-state index contributed by atoms with van der Waals surface area (Å²) in [4.78, 5) is 20.5. The Hall–Kier alpha value is -14.1. The first-order valence-corrected chi connectivity index (χ1v) is 35.6. The average Bonchev–Trinajstić information content (AvgIpc) is 1.54. The molecular weight excluding hydrogens is 1270 g/mol. The normalized spacial score (nSPS) is 12.4. The first-order chi connectivity index (χ1) is 51.6. The molecule has 8 heteroatoms. The summed E-state index contributed by atoms with van der Waals surface area (Å²) < 4.78 is 9.65. The first kappa shape index (κ1) is 55.8. The molecule has 0 aliphatic heterocycles. The lowest BCUT2D eigenvalue weighted by Gasteiger charge is -2.12. The van der Waals surface area contributed by atoms with Crippen LogP contribution >= 0.6 is 0 Å². The molecular formula is C96H54N8. The maximum atomic E-state index is 5.41. The standard InChI is InChI=1S/C96H54N8/c1-2-16-63(17-3-1)101-84-23-10-8-19-69(84)76-46-60(28-37-86(76)101)62-30-39-88-79(49-62)80-45-57-14-4-5-15-58(57)50-90(80)103(88)66-52-82-72-42-44-98-95-67(35-36-75(92(72)95)94(82)100-54-66)56-25-32-64(33-26-56)104-89-40-31-61(48-78(89)73-34-27-55-13-6-7-18-68(55)96(73)104)59-29-38-87-77(47-59)70-20-9-11-24-85(70)102(87)65-51-81-71-41-43-97-83-22-12-21-74(91(71)83)93(81)99-53-65/h1-54H. The van der Waals surface area contributed by atoms with Gasteiger partial charge in [0.25, 0.3) is 0 Å². The van der Waals surface area contributed by atoms with Crippen molar-refractivity contribution in [2.45, 2.75) is 0 Å². The van der Waals surface area contributed by atoms with Crippen LogP contribution in [0.5, 0.6) is 0 Å². The van der Waals surface area contributed by atoms with Gasteiger partial charge in [-0.25, -0.2) is 0 Å². The minimum absolute atomic E-state index is 0.965. The number of aromatic nitrogens is 8. The molecule has 8 heterocycles. The zero-order valence-electron chi connectivity index (χ0n) is 55.8. The highest BCUT2D eigenvalue weighted by atomic mass is 15.0. The van der Waals surface area contributed by atoms with Crippen LogP contribution in [0.15, 0.2) is 328 Å². The molecule has 0 spiro atoms. The molecule has 0 saturated heterocycles. The molecule has 2 aliphatic rings. The molecule has 8 aromatic heterocycles. The van der Waals surface area contributed by atoms with E-state index in [-0.39, 0.29) is 0 Å². The lowest BCUT2D eigenvalue weighted by molar-refractivity contribution is 1.15. The van der Waals surface area contributed by atoms with E-state index in [9.17, 15) is 0 Å². The Morgan fingerprint density at radius 1 is 0.212 bits per heavy atom. The summed E-state index contributed by atoms with van der Waals surface area (Å²) in [7, 11) is 0. The van der Waals surface area contributed by atoms with Crippen molar-refractivity contribution in [3.63, 3.8) is 0 Å². The summed E-state index contributed by atoms with van der Waals surface area (Å²) in [6, 6.07) is 112. The summed E-state index contributed by atoms with van der Waals surface area (Å²) in [5, 5.41) is 16.8. The minimum atomic E-state index is 0.965. The molecule has 0 fully saturated rings. The summed E-state index contributed by atoms with van der Waals surface area (Å²) in [5.41, 5.74) is 31.2. The van der Waals surface area contributed by atoms with Crippen molar-refractivity contribution in [1.29, 1.82) is 0 Å². The zero-order valence-corrected chi connectivity index (χ0v) is 55.8. The van der Waals surface area contributed by atoms with E-state index in [4.69, 9.17) is 19.9 Å². The van der Waals surface area contributed by atoms with Crippen molar-refractivity contribution in [2.24, 2.45) is 0 Å². The lowest BCUT2D eigenvalue weighted by atomic mass is 9.98. The fourth-order valence-electron chi connectivity index (χ4n) is 18.2. The number of rotatable bonds is 7. The van der Waals surface area contributed by atoms with E-state index in [1.807, 2.05) is 18.6 Å². The maximum Gasteiger partial charge on any atom is 0.0793 e. The van der Waals surface area contributed by atoms with Gasteiger partial charge in [0.15, 0.2) is 0 Å². The third-order valence-electron chi connectivity index (χ3n) is 22.8. The van der Waals surface area contributed by atoms with Crippen molar-refractivity contribution in [3.8, 4) is 101 Å². The largest absolute Gasteiger partial charge is 0.309 e. The molecule has 0 N–H and O–H groups in total. The van der Waals surface area contributed by atoms with E-state index in [0.717, 1.165) is 128 Å². The Morgan fingerprint density at radius 2 is 0.683 bits per heavy atom. The molecule has 0 unspecified atom stereocenters. The van der Waals surface area contributed by atoms with Gasteiger partial charge in [0.1, 0.15) is 0 Å². The van der Waals surface area contributed by atoms with Crippen LogP contribution in [0.25, 0.3) is 231 Å². The van der Waals surface area contributed by atoms with Crippen LogP contribution < -0.4 is 0 Å². The van der Waals surface area contributed by atoms with Crippen LogP contribution in [0.1, 0.15) is 0 Å². The zero-order chi connectivity index (χ0) is 67.6. The average molecular weight is 1320 g/mol. The number of fused-ring (bicyclic) bond motifs is 21. The van der Waals surface area contributed by atoms with Crippen LogP contribution in [0.3, 0.4) is 0 Å². The van der Waals surface area contributed by atoms with Crippen LogP contribution in [-0.2, 0) is 0 Å². The van der Waals surface area contributed by atoms with Gasteiger partial charge < -0.3 is 18.3 Å². The third kappa shape index (κ3) is 7.69. The fraction of sp³-hybridized carbons (Fsp3) is 0. The summed E-state index contributed by atoms with van der Waals surface area (Å²) in [6.45, 7) is 0. The summed E-state index contributed by atoms with van der Waals surface area (Å²) in [6.07, 6.45) is 7.99. The SMILES string of the molecule is c1ccc(-n2c3ccccc3c3cc(-c4ccc5c(c4)c4cc6ccccc6cc4n5-c4cnc5c(c4)-c4ccnc6c(-c7ccc(-n8c9ccc(-c%10ccc%11c(c%10)c%10ccccc%10n%11-c%10cnc%11c(c%10)-c%10ccnc%12cccc-%11c%10%12)cc9c9ccc%10ccccc%10c98)cc7)ccc-5c46)ccc32)cc1. The van der Waals surface area contributed by atoms with Gasteiger partial charge in [0.05, 0.1) is 90.3 Å². The number of hydrogen-bond donors (Lipinski definition) is 0. The van der Waals surface area contributed by atoms with Crippen molar-refractivity contribution < 1.29 is 0 Å². The maximum absolute atomic E-state index is 5.41. The number of nitrogens with zero attached hydrogens (tertiary/aromatic N) is 8. The van der Waals surface area contributed by atoms with Gasteiger partial charge >= 0.3 is 0 Å². The fourth-order valence-corrected chi connectivity index (χ4v) is 18.2. The van der Waals surface area contributed by atoms with Gasteiger partial charge in [-0.05, 0) is 182 Å². The Labute approximate surface area is 594 Å². The molecule has 8 nitrogen and oxygen atoms in total. The number of para-hydroxylation sites is 3. The van der Waals surface area contributed by atoms with E-state index in [2.05, 4.69) is 328 Å². The first-order valence-electron chi connectivity index (χ1n) is 35.6. The molecule has 0 atom stereocenters. The molecule has 0 amide bonds. The Balaban J connectivity index is 0.590. The highest BCUT2D eigenvalue weighted by Crippen LogP contribution is 2.51. The smallest absolute Gasteiger partial charge is 0.0793 e. The van der Waals surface area contributed by atoms with Crippen molar-refractivity contribution in [2.75, 3.05) is 0 Å². The third-order valence-corrected chi connectivity index (χ3v) is 22.8. The Morgan fingerprint density at radius 3 is 1.34 bits per heavy atom. The van der Waals surface area contributed by atoms with Crippen LogP contribution in [0.2, 0.25) is 0 Å². The monoisotopic (exact) mass is 1320 g/mol. The van der Waals surface area contributed by atoms with E-state index >= 15 is 0 Å². The molecule has 0 radical (unpaired) electrons. The Kier molecular flexibility index (Phi) is 11.1. The quantitative estimate of drug-likeness (QED) is 0.159. The predicted octanol–water partition coefficient (Wildman–Crippen LogP) is 24.6. The van der Waals surface area contributed by atoms with Gasteiger partial charge in [0, 0.05) is 111 Å². The second-order valence-electron chi connectivity index (χ2n) is 28.1. The highest BCUT2D eigenvalue weighted by Gasteiger charge is 2.29.